The molecular formula is C16H13Cl2N3O4S. The smallest absolute Gasteiger partial charge is 0.242 e. The van der Waals surface area contributed by atoms with Crippen LogP contribution in [0.25, 0.3) is 11.4 Å². The summed E-state index contributed by atoms with van der Waals surface area (Å²) in [4.78, 5) is 4.04. The minimum absolute atomic E-state index is 0.0614. The van der Waals surface area contributed by atoms with E-state index in [1.807, 2.05) is 0 Å². The topological polar surface area (TPSA) is 94.3 Å². The number of rotatable bonds is 6. The molecule has 0 saturated carbocycles. The molecule has 0 bridgehead atoms. The lowest BCUT2D eigenvalue weighted by Crippen LogP contribution is -2.23. The summed E-state index contributed by atoms with van der Waals surface area (Å²) >= 11 is 11.8. The lowest BCUT2D eigenvalue weighted by atomic mass is 10.2. The maximum atomic E-state index is 12.4. The Hall–Kier alpha value is -2.13. The van der Waals surface area contributed by atoms with Gasteiger partial charge >= 0.3 is 0 Å². The van der Waals surface area contributed by atoms with Gasteiger partial charge in [-0.25, -0.2) is 13.1 Å². The minimum Gasteiger partial charge on any atom is -0.497 e. The molecule has 0 aliphatic heterocycles. The van der Waals surface area contributed by atoms with Crippen LogP contribution >= 0.6 is 23.2 Å². The Morgan fingerprint density at radius 1 is 1.15 bits per heavy atom. The second-order valence-corrected chi connectivity index (χ2v) is 7.72. The van der Waals surface area contributed by atoms with Crippen LogP contribution in [0.5, 0.6) is 5.75 Å². The Balaban J connectivity index is 1.74. The SMILES string of the molecule is COc1ccc(-c2noc(CNS(=O)(=O)c3cc(Cl)ccc3Cl)n2)cc1. The molecular weight excluding hydrogens is 401 g/mol. The van der Waals surface area contributed by atoms with Crippen molar-refractivity contribution in [3.63, 3.8) is 0 Å². The van der Waals surface area contributed by atoms with Gasteiger partial charge in [0.2, 0.25) is 21.7 Å². The summed E-state index contributed by atoms with van der Waals surface area (Å²) < 4.78 is 37.3. The molecule has 0 aliphatic carbocycles. The van der Waals surface area contributed by atoms with Crippen molar-refractivity contribution in [3.8, 4) is 17.1 Å². The first-order valence-corrected chi connectivity index (χ1v) is 9.55. The van der Waals surface area contributed by atoms with Crippen LogP contribution in [0.1, 0.15) is 5.89 Å². The van der Waals surface area contributed by atoms with Gasteiger partial charge in [-0.3, -0.25) is 0 Å². The number of aromatic nitrogens is 2. The third kappa shape index (κ3) is 4.16. The lowest BCUT2D eigenvalue weighted by molar-refractivity contribution is 0.376. The first-order valence-electron chi connectivity index (χ1n) is 7.31. The summed E-state index contributed by atoms with van der Waals surface area (Å²) in [5, 5.41) is 4.16. The van der Waals surface area contributed by atoms with E-state index in [4.69, 9.17) is 32.5 Å². The lowest BCUT2D eigenvalue weighted by Gasteiger charge is -2.06. The van der Waals surface area contributed by atoms with E-state index in [0.29, 0.717) is 17.1 Å². The van der Waals surface area contributed by atoms with E-state index in [0.717, 1.165) is 0 Å². The molecule has 0 amide bonds. The average Bonchev–Trinajstić information content (AvgIpc) is 3.11. The first kappa shape index (κ1) is 18.7. The molecule has 1 heterocycles. The molecule has 10 heteroatoms. The fraction of sp³-hybridized carbons (Fsp3) is 0.125. The highest BCUT2D eigenvalue weighted by molar-refractivity contribution is 7.89. The largest absolute Gasteiger partial charge is 0.497 e. The zero-order valence-electron chi connectivity index (χ0n) is 13.4. The molecule has 3 aromatic rings. The molecule has 136 valence electrons. The zero-order valence-corrected chi connectivity index (χ0v) is 15.8. The van der Waals surface area contributed by atoms with E-state index in [-0.39, 0.29) is 27.4 Å². The Bertz CT molecular complexity index is 1020. The number of nitrogens with one attached hydrogen (secondary N) is 1. The van der Waals surface area contributed by atoms with Gasteiger partial charge in [-0.2, -0.15) is 4.98 Å². The van der Waals surface area contributed by atoms with E-state index in [2.05, 4.69) is 14.9 Å². The second kappa shape index (κ2) is 7.63. The van der Waals surface area contributed by atoms with E-state index >= 15 is 0 Å². The number of methoxy groups -OCH3 is 1. The summed E-state index contributed by atoms with van der Waals surface area (Å²) in [6, 6.07) is 11.2. The van der Waals surface area contributed by atoms with Crippen molar-refractivity contribution < 1.29 is 17.7 Å². The number of nitrogens with zero attached hydrogens (tertiary/aromatic N) is 2. The molecule has 0 radical (unpaired) electrons. The molecule has 0 aliphatic rings. The van der Waals surface area contributed by atoms with Crippen LogP contribution in [0, 0.1) is 0 Å². The molecule has 0 spiro atoms. The zero-order chi connectivity index (χ0) is 18.7. The molecule has 0 fully saturated rings. The number of hydrogen-bond acceptors (Lipinski definition) is 6. The number of benzene rings is 2. The Morgan fingerprint density at radius 2 is 1.88 bits per heavy atom. The van der Waals surface area contributed by atoms with Crippen molar-refractivity contribution in [1.29, 1.82) is 0 Å². The molecule has 2 aromatic carbocycles. The summed E-state index contributed by atoms with van der Waals surface area (Å²) in [5.41, 5.74) is 0.710. The fourth-order valence-corrected chi connectivity index (χ4v) is 3.84. The van der Waals surface area contributed by atoms with Crippen molar-refractivity contribution in [2.75, 3.05) is 7.11 Å². The van der Waals surface area contributed by atoms with Crippen molar-refractivity contribution in [1.82, 2.24) is 14.9 Å². The quantitative estimate of drug-likeness (QED) is 0.663. The van der Waals surface area contributed by atoms with Crippen LogP contribution in [0.2, 0.25) is 10.0 Å². The molecule has 26 heavy (non-hydrogen) atoms. The Morgan fingerprint density at radius 3 is 2.58 bits per heavy atom. The van der Waals surface area contributed by atoms with Crippen molar-refractivity contribution in [2.24, 2.45) is 0 Å². The van der Waals surface area contributed by atoms with Crippen LogP contribution in [0.15, 0.2) is 51.9 Å². The molecule has 3 rings (SSSR count). The highest BCUT2D eigenvalue weighted by atomic mass is 35.5. The Labute approximate surface area is 159 Å². The molecule has 7 nitrogen and oxygen atoms in total. The average molecular weight is 414 g/mol. The van der Waals surface area contributed by atoms with Crippen LogP contribution in [-0.4, -0.2) is 25.7 Å². The summed E-state index contributed by atoms with van der Waals surface area (Å²) in [6.07, 6.45) is 0. The monoisotopic (exact) mass is 413 g/mol. The normalized spacial score (nSPS) is 11.5. The number of halogens is 2. The standard InChI is InChI=1S/C16H13Cl2N3O4S/c1-24-12-5-2-10(3-6-12)16-20-15(25-21-16)9-19-26(22,23)14-8-11(17)4-7-13(14)18/h2-8,19H,9H2,1H3. The maximum Gasteiger partial charge on any atom is 0.242 e. The van der Waals surface area contributed by atoms with E-state index in [1.54, 1.807) is 31.4 Å². The molecule has 0 saturated heterocycles. The number of sulfonamides is 1. The highest BCUT2D eigenvalue weighted by Gasteiger charge is 2.20. The van der Waals surface area contributed by atoms with Gasteiger partial charge in [0.15, 0.2) is 0 Å². The van der Waals surface area contributed by atoms with Crippen LogP contribution in [0.3, 0.4) is 0 Å². The maximum absolute atomic E-state index is 12.4. The van der Waals surface area contributed by atoms with Crippen molar-refractivity contribution in [3.05, 3.63) is 58.4 Å². The van der Waals surface area contributed by atoms with Crippen LogP contribution in [-0.2, 0) is 16.6 Å². The minimum atomic E-state index is -3.89. The fourth-order valence-electron chi connectivity index (χ4n) is 2.10. The predicted octanol–water partition coefficient (Wildman–Crippen LogP) is 3.53. The summed E-state index contributed by atoms with van der Waals surface area (Å²) in [7, 11) is -2.32. The third-order valence-electron chi connectivity index (χ3n) is 3.41. The van der Waals surface area contributed by atoms with Crippen molar-refractivity contribution >= 4 is 33.2 Å². The van der Waals surface area contributed by atoms with Gasteiger partial charge in [0, 0.05) is 10.6 Å². The number of hydrogen-bond donors (Lipinski definition) is 1. The van der Waals surface area contributed by atoms with Gasteiger partial charge < -0.3 is 9.26 Å². The summed E-state index contributed by atoms with van der Waals surface area (Å²) in [5.74, 6) is 1.14. The van der Waals surface area contributed by atoms with E-state index in [1.165, 1.54) is 18.2 Å². The van der Waals surface area contributed by atoms with Gasteiger partial charge in [-0.15, -0.1) is 0 Å². The molecule has 1 aromatic heterocycles. The summed E-state index contributed by atoms with van der Waals surface area (Å²) in [6.45, 7) is -0.186. The first-order chi connectivity index (χ1) is 12.4. The second-order valence-electron chi connectivity index (χ2n) is 5.14. The Kier molecular flexibility index (Phi) is 5.47. The van der Waals surface area contributed by atoms with E-state index < -0.39 is 10.0 Å². The van der Waals surface area contributed by atoms with Gasteiger partial charge in [-0.1, -0.05) is 28.4 Å². The van der Waals surface area contributed by atoms with Crippen molar-refractivity contribution in [2.45, 2.75) is 11.4 Å². The molecule has 1 N–H and O–H groups in total. The molecule has 0 atom stereocenters. The van der Waals surface area contributed by atoms with Gasteiger partial charge in [0.1, 0.15) is 10.6 Å². The molecule has 0 unspecified atom stereocenters. The van der Waals surface area contributed by atoms with Gasteiger partial charge in [0.05, 0.1) is 18.7 Å². The van der Waals surface area contributed by atoms with Crippen LogP contribution in [0.4, 0.5) is 0 Å². The predicted molar refractivity (Wildman–Crippen MR) is 96.8 cm³/mol. The highest BCUT2D eigenvalue weighted by Crippen LogP contribution is 2.25. The van der Waals surface area contributed by atoms with Gasteiger partial charge in [-0.05, 0) is 42.5 Å². The number of ether oxygens (including phenoxy) is 1. The third-order valence-corrected chi connectivity index (χ3v) is 5.53. The van der Waals surface area contributed by atoms with Crippen LogP contribution < -0.4 is 9.46 Å². The van der Waals surface area contributed by atoms with E-state index in [9.17, 15) is 8.42 Å². The van der Waals surface area contributed by atoms with Gasteiger partial charge in [0.25, 0.3) is 0 Å².